The van der Waals surface area contributed by atoms with Gasteiger partial charge in [-0.15, -0.1) is 0 Å². The van der Waals surface area contributed by atoms with Crippen LogP contribution in [0.25, 0.3) is 0 Å². The van der Waals surface area contributed by atoms with Gasteiger partial charge in [-0.25, -0.2) is 14.4 Å². The zero-order valence-corrected chi connectivity index (χ0v) is 55.9. The molecule has 0 radical (unpaired) electrons. The number of benzene rings is 5. The van der Waals surface area contributed by atoms with Crippen LogP contribution in [0.3, 0.4) is 0 Å². The SMILES string of the molecule is CSCC[C@H](NC(=O)OCc1ccccc1)C(=O)N[C@@H](CCCNC(=N)N)C(=O)NCC(=O)NCC(=O)Nc1ccc2c(c1)Oc1c(NC(=O)CNC(=O)CNC(=O)[C@H](CCCNC(=N)N)NC(=O)[C@H](CCSC)NC(=O)OCc3ccccc3)cccc1C21OC(=O)c2ccccc21. The quantitative estimate of drug-likeness (QED) is 0.00898. The molecule has 0 saturated heterocycles. The number of ether oxygens (including phenoxy) is 4. The average Bonchev–Trinajstić information content (AvgIpc) is 1.64. The molecule has 0 saturated carbocycles. The lowest BCUT2D eigenvalue weighted by Gasteiger charge is -2.37. The highest BCUT2D eigenvalue weighted by Crippen LogP contribution is 2.58. The van der Waals surface area contributed by atoms with E-state index in [4.69, 9.17) is 41.2 Å². The van der Waals surface area contributed by atoms with Crippen molar-refractivity contribution in [3.63, 3.8) is 0 Å². The summed E-state index contributed by atoms with van der Waals surface area (Å²) in [5, 5.41) is 45.9. The predicted molar refractivity (Wildman–Crippen MR) is 369 cm³/mol. The highest BCUT2D eigenvalue weighted by Gasteiger charge is 2.54. The molecule has 18 N–H and O–H groups in total. The summed E-state index contributed by atoms with van der Waals surface area (Å²) < 4.78 is 23.4. The number of para-hydroxylation sites is 1. The lowest BCUT2D eigenvalue weighted by molar-refractivity contribution is -0.131. The van der Waals surface area contributed by atoms with E-state index in [0.717, 1.165) is 11.1 Å². The highest BCUT2D eigenvalue weighted by molar-refractivity contribution is 7.98. The number of rotatable bonds is 36. The molecule has 2 heterocycles. The van der Waals surface area contributed by atoms with Crippen LogP contribution in [0.1, 0.15) is 76.7 Å². The topological polar surface area (TPSA) is 469 Å². The monoisotopic (exact) mass is 1400 g/mol. The molecule has 0 aliphatic carbocycles. The first-order valence-electron chi connectivity index (χ1n) is 31.3. The van der Waals surface area contributed by atoms with Gasteiger partial charge in [-0.3, -0.25) is 49.2 Å². The van der Waals surface area contributed by atoms with Gasteiger partial charge in [0.1, 0.15) is 43.1 Å². The molecule has 5 aromatic rings. The smallest absolute Gasteiger partial charge is 0.408 e. The Hall–Kier alpha value is -11.1. The number of nitrogens with one attached hydrogen (secondary N) is 14. The number of alkyl carbamates (subject to hydrolysis) is 2. The van der Waals surface area contributed by atoms with E-state index in [-0.39, 0.29) is 105 Å². The molecule has 5 aromatic carbocycles. The first-order valence-corrected chi connectivity index (χ1v) is 34.1. The van der Waals surface area contributed by atoms with E-state index in [0.29, 0.717) is 28.2 Å². The Balaban J connectivity index is 0.960. The molecular formula is C66H80N16O15S2. The molecule has 33 heteroatoms. The molecule has 526 valence electrons. The fourth-order valence-corrected chi connectivity index (χ4v) is 11.2. The van der Waals surface area contributed by atoms with Crippen molar-refractivity contribution in [2.24, 2.45) is 11.5 Å². The lowest BCUT2D eigenvalue weighted by atomic mass is 9.77. The summed E-state index contributed by atoms with van der Waals surface area (Å²) in [6.07, 6.45) is 2.85. The molecule has 2 aliphatic heterocycles. The van der Waals surface area contributed by atoms with Crippen molar-refractivity contribution in [3.8, 4) is 11.5 Å². The average molecular weight is 1400 g/mol. The van der Waals surface area contributed by atoms with Crippen molar-refractivity contribution in [2.45, 2.75) is 81.5 Å². The van der Waals surface area contributed by atoms with E-state index in [1.54, 1.807) is 91.0 Å². The van der Waals surface area contributed by atoms with Gasteiger partial charge in [0.05, 0.1) is 37.4 Å². The number of guanidine groups is 2. The molecule has 1 unspecified atom stereocenters. The second-order valence-electron chi connectivity index (χ2n) is 22.4. The van der Waals surface area contributed by atoms with Gasteiger partial charge in [-0.2, -0.15) is 23.5 Å². The number of carbonyl (C=O) groups is 11. The maximum Gasteiger partial charge on any atom is 0.408 e. The van der Waals surface area contributed by atoms with Gasteiger partial charge in [-0.05, 0) is 97.9 Å². The number of hydrogen-bond donors (Lipinski definition) is 16. The molecule has 5 atom stereocenters. The van der Waals surface area contributed by atoms with Crippen molar-refractivity contribution in [1.82, 2.24) is 53.2 Å². The summed E-state index contributed by atoms with van der Waals surface area (Å²) in [5.41, 5.74) is 12.2. The van der Waals surface area contributed by atoms with Gasteiger partial charge in [0.2, 0.25) is 47.3 Å². The Labute approximate surface area is 578 Å². The zero-order chi connectivity index (χ0) is 71.3. The lowest BCUT2D eigenvalue weighted by Crippen LogP contribution is -2.55. The molecule has 0 bridgehead atoms. The Kier molecular flexibility index (Phi) is 28.9. The molecule has 99 heavy (non-hydrogen) atoms. The molecule has 2 aliphatic rings. The van der Waals surface area contributed by atoms with Gasteiger partial charge in [0.15, 0.2) is 23.3 Å². The second kappa shape index (κ2) is 38.0. The molecule has 31 nitrogen and oxygen atoms in total. The van der Waals surface area contributed by atoms with Crippen molar-refractivity contribution < 1.29 is 71.7 Å². The van der Waals surface area contributed by atoms with Crippen LogP contribution in [-0.4, -0.2) is 165 Å². The van der Waals surface area contributed by atoms with Crippen LogP contribution in [0.5, 0.6) is 11.5 Å². The number of hydrogen-bond acceptors (Lipinski definition) is 19. The zero-order valence-electron chi connectivity index (χ0n) is 54.3. The number of thioether (sulfide) groups is 2. The number of nitrogens with two attached hydrogens (primary N) is 2. The maximum atomic E-state index is 13.7. The minimum absolute atomic E-state index is 0.0216. The Morgan fingerprint density at radius 1 is 0.495 bits per heavy atom. The molecule has 10 amide bonds. The fourth-order valence-electron chi connectivity index (χ4n) is 10.3. The van der Waals surface area contributed by atoms with Crippen LogP contribution in [0.4, 0.5) is 21.0 Å². The van der Waals surface area contributed by atoms with Crippen LogP contribution >= 0.6 is 23.5 Å². The van der Waals surface area contributed by atoms with Crippen LogP contribution < -0.4 is 80.0 Å². The molecule has 7 rings (SSSR count). The minimum Gasteiger partial charge on any atom is -0.454 e. The summed E-state index contributed by atoms with van der Waals surface area (Å²) >= 11 is 2.86. The van der Waals surface area contributed by atoms with Crippen LogP contribution in [0, 0.1) is 10.8 Å². The summed E-state index contributed by atoms with van der Waals surface area (Å²) in [6.45, 7) is -2.22. The predicted octanol–water partition coefficient (Wildman–Crippen LogP) is 2.19. The molecular weight excluding hydrogens is 1320 g/mol. The largest absolute Gasteiger partial charge is 0.454 e. The van der Waals surface area contributed by atoms with Crippen molar-refractivity contribution in [1.29, 1.82) is 10.8 Å². The van der Waals surface area contributed by atoms with Crippen molar-refractivity contribution in [2.75, 3.05) is 73.9 Å². The van der Waals surface area contributed by atoms with Gasteiger partial charge in [0.25, 0.3) is 0 Å². The third-order valence-electron chi connectivity index (χ3n) is 15.1. The normalized spacial score (nSPS) is 14.1. The molecule has 0 fully saturated rings. The Bertz CT molecular complexity index is 3740. The Morgan fingerprint density at radius 2 is 0.960 bits per heavy atom. The van der Waals surface area contributed by atoms with Gasteiger partial charge in [0, 0.05) is 41.5 Å². The number of anilines is 2. The maximum absolute atomic E-state index is 13.7. The second-order valence-corrected chi connectivity index (χ2v) is 24.3. The van der Waals surface area contributed by atoms with Crippen LogP contribution in [0.2, 0.25) is 0 Å². The fraction of sp³-hybridized carbons (Fsp3) is 0.348. The molecule has 1 spiro atoms. The summed E-state index contributed by atoms with van der Waals surface area (Å²) in [5.74, 6) is -6.19. The highest BCUT2D eigenvalue weighted by atomic mass is 32.2. The van der Waals surface area contributed by atoms with E-state index in [1.165, 1.54) is 41.7 Å². The van der Waals surface area contributed by atoms with Gasteiger partial charge >= 0.3 is 18.2 Å². The van der Waals surface area contributed by atoms with E-state index in [9.17, 15) is 52.7 Å². The number of fused-ring (bicyclic) bond motifs is 6. The van der Waals surface area contributed by atoms with E-state index in [2.05, 4.69) is 63.8 Å². The van der Waals surface area contributed by atoms with Gasteiger partial charge < -0.3 is 94.2 Å². The number of esters is 1. The summed E-state index contributed by atoms with van der Waals surface area (Å²) in [6, 6.07) is 29.2. The number of carbonyl (C=O) groups excluding carboxylic acids is 11. The van der Waals surface area contributed by atoms with Gasteiger partial charge in [-0.1, -0.05) is 91.0 Å². The van der Waals surface area contributed by atoms with E-state index in [1.807, 2.05) is 24.6 Å². The summed E-state index contributed by atoms with van der Waals surface area (Å²) in [4.78, 5) is 148. The molecule has 0 aromatic heterocycles. The minimum atomic E-state index is -1.65. The van der Waals surface area contributed by atoms with Crippen molar-refractivity contribution in [3.05, 3.63) is 155 Å². The third kappa shape index (κ3) is 22.8. The number of amides is 10. The van der Waals surface area contributed by atoms with Crippen molar-refractivity contribution >= 4 is 112 Å². The first kappa shape index (κ1) is 75.3. The van der Waals surface area contributed by atoms with E-state index < -0.39 is 121 Å². The van der Waals surface area contributed by atoms with E-state index >= 15 is 0 Å². The first-order chi connectivity index (χ1) is 47.7. The van der Waals surface area contributed by atoms with Crippen LogP contribution in [-0.2, 0) is 71.4 Å². The Morgan fingerprint density at radius 3 is 1.46 bits per heavy atom. The summed E-state index contributed by atoms with van der Waals surface area (Å²) in [7, 11) is 0. The van der Waals surface area contributed by atoms with Crippen LogP contribution in [0.15, 0.2) is 121 Å². The third-order valence-corrected chi connectivity index (χ3v) is 16.4. The standard InChI is InChI=1S/C66H80N16O15S2/c1-98-30-26-49(81-64(92)94-37-39-14-5-3-6-15-39)59(89)79-47(22-12-28-71-62(67)68)57(87)75-33-52(83)73-35-54(85)77-41-24-25-44-51(32-41)96-56-45(66(44)43-19-10-9-18-42(43)61(91)97-66)20-11-21-46(56)78-55(86)36-74-53(84)34-76-58(88)48(23-13-29-72-63(69)70)80-60(90)50(27-31-99-2)82-65(93)95-38-40-16-7-4-8-17-40/h3-11,14-21,24-25,32,47-50H,12-13,22-23,26-31,33-38H2,1-2H3,(H,73,83)(H,74,84)(H,75,87)(H,76,88)(H,77,85)(H,78,86)(H,79,89)(H,80,90)(H,81,92)(H,82,93)(H4,67,68,71)(H4,69,70,72)/t47-,48-,49-,50-,66?/m0/s1.